The lowest BCUT2D eigenvalue weighted by atomic mass is 10.1. The van der Waals surface area contributed by atoms with E-state index in [4.69, 9.17) is 10.5 Å². The van der Waals surface area contributed by atoms with Crippen LogP contribution < -0.4 is 15.8 Å². The Morgan fingerprint density at radius 2 is 1.77 bits per heavy atom. The molecule has 6 heteroatoms. The highest BCUT2D eigenvalue weighted by Crippen LogP contribution is 2.30. The molecule has 3 N–H and O–H groups in total. The van der Waals surface area contributed by atoms with Crippen LogP contribution in [0.15, 0.2) is 72.9 Å². The number of aromatic nitrogens is 1. The first-order chi connectivity index (χ1) is 14.5. The van der Waals surface area contributed by atoms with Gasteiger partial charge in [0.05, 0.1) is 23.9 Å². The van der Waals surface area contributed by atoms with Crippen LogP contribution in [-0.2, 0) is 0 Å². The van der Waals surface area contributed by atoms with Crippen LogP contribution in [-0.4, -0.2) is 23.2 Å². The molecule has 0 bridgehead atoms. The molecule has 2 aromatic carbocycles. The Kier molecular flexibility index (Phi) is 4.98. The van der Waals surface area contributed by atoms with Gasteiger partial charge >= 0.3 is 0 Å². The highest BCUT2D eigenvalue weighted by atomic mass is 16.5. The zero-order valence-electron chi connectivity index (χ0n) is 16.7. The van der Waals surface area contributed by atoms with E-state index in [1.165, 1.54) is 7.11 Å². The quantitative estimate of drug-likeness (QED) is 0.489. The molecule has 0 aliphatic carbocycles. The van der Waals surface area contributed by atoms with Crippen LogP contribution in [0.25, 0.3) is 5.52 Å². The summed E-state index contributed by atoms with van der Waals surface area (Å²) in [5.74, 6) is -0.0932. The number of ether oxygens (including phenoxy) is 1. The van der Waals surface area contributed by atoms with E-state index in [1.807, 2.05) is 31.2 Å². The van der Waals surface area contributed by atoms with Crippen LogP contribution in [0.3, 0.4) is 0 Å². The lowest BCUT2D eigenvalue weighted by molar-refractivity contribution is 0.102. The van der Waals surface area contributed by atoms with Gasteiger partial charge in [0.2, 0.25) is 5.78 Å². The average molecular weight is 399 g/mol. The molecule has 4 aromatic rings. The highest BCUT2D eigenvalue weighted by Gasteiger charge is 2.26. The van der Waals surface area contributed by atoms with Crippen molar-refractivity contribution in [2.75, 3.05) is 18.2 Å². The SMILES string of the molecule is COc1cccc(C(=O)c2c(N)c(C(=O)Nc3ccc(C)cc3)c3ccccn23)c1. The van der Waals surface area contributed by atoms with Crippen LogP contribution in [0.4, 0.5) is 11.4 Å². The third-order valence-electron chi connectivity index (χ3n) is 4.96. The molecule has 150 valence electrons. The van der Waals surface area contributed by atoms with E-state index in [1.54, 1.807) is 53.1 Å². The van der Waals surface area contributed by atoms with Crippen molar-refractivity contribution in [1.82, 2.24) is 4.40 Å². The van der Waals surface area contributed by atoms with Gasteiger partial charge in [0.25, 0.3) is 5.91 Å². The summed E-state index contributed by atoms with van der Waals surface area (Å²) in [5.41, 5.74) is 9.75. The van der Waals surface area contributed by atoms with Crippen LogP contribution in [0, 0.1) is 6.92 Å². The number of hydrogen-bond donors (Lipinski definition) is 2. The van der Waals surface area contributed by atoms with Crippen LogP contribution in [0.2, 0.25) is 0 Å². The van der Waals surface area contributed by atoms with Crippen molar-refractivity contribution in [1.29, 1.82) is 0 Å². The highest BCUT2D eigenvalue weighted by molar-refractivity contribution is 6.20. The molecule has 4 rings (SSSR count). The predicted octanol–water partition coefficient (Wildman–Crippen LogP) is 4.32. The number of rotatable bonds is 5. The summed E-state index contributed by atoms with van der Waals surface area (Å²) in [6.07, 6.45) is 1.72. The number of aryl methyl sites for hydroxylation is 1. The van der Waals surface area contributed by atoms with Gasteiger partial charge in [0, 0.05) is 17.4 Å². The number of benzene rings is 2. The number of ketones is 1. The number of nitrogens with zero attached hydrogens (tertiary/aromatic N) is 1. The van der Waals surface area contributed by atoms with Gasteiger partial charge in [0.1, 0.15) is 11.4 Å². The van der Waals surface area contributed by atoms with E-state index < -0.39 is 0 Å². The number of carbonyl (C=O) groups excluding carboxylic acids is 2. The van der Waals surface area contributed by atoms with E-state index in [9.17, 15) is 9.59 Å². The molecular weight excluding hydrogens is 378 g/mol. The number of nitrogens with one attached hydrogen (secondary N) is 1. The van der Waals surface area contributed by atoms with E-state index in [0.717, 1.165) is 5.56 Å². The standard InChI is InChI=1S/C24H21N3O3/c1-15-9-11-17(12-10-15)26-24(29)20-19-8-3-4-13-27(19)22(21(20)25)23(28)16-6-5-7-18(14-16)30-2/h3-14H,25H2,1-2H3,(H,26,29). The summed E-state index contributed by atoms with van der Waals surface area (Å²) in [6, 6.07) is 19.7. The smallest absolute Gasteiger partial charge is 0.259 e. The van der Waals surface area contributed by atoms with Crippen molar-refractivity contribution in [2.45, 2.75) is 6.92 Å². The van der Waals surface area contributed by atoms with E-state index >= 15 is 0 Å². The fourth-order valence-corrected chi connectivity index (χ4v) is 3.43. The van der Waals surface area contributed by atoms with Crippen LogP contribution >= 0.6 is 0 Å². The number of anilines is 2. The Bertz CT molecular complexity index is 1260. The monoisotopic (exact) mass is 399 g/mol. The topological polar surface area (TPSA) is 85.8 Å². The summed E-state index contributed by atoms with van der Waals surface area (Å²) in [6.45, 7) is 1.97. The second kappa shape index (κ2) is 7.75. The molecule has 0 unspecified atom stereocenters. The van der Waals surface area contributed by atoms with Gasteiger partial charge in [-0.15, -0.1) is 0 Å². The number of pyridine rings is 1. The summed E-state index contributed by atoms with van der Waals surface area (Å²) in [5, 5.41) is 2.87. The molecule has 0 atom stereocenters. The second-order valence-corrected chi connectivity index (χ2v) is 6.97. The predicted molar refractivity (Wildman–Crippen MR) is 117 cm³/mol. The lowest BCUT2D eigenvalue weighted by Gasteiger charge is -2.06. The Balaban J connectivity index is 1.80. The molecule has 6 nitrogen and oxygen atoms in total. The molecule has 0 saturated heterocycles. The fraction of sp³-hybridized carbons (Fsp3) is 0.0833. The maximum absolute atomic E-state index is 13.3. The van der Waals surface area contributed by atoms with E-state index in [2.05, 4.69) is 5.32 Å². The third kappa shape index (κ3) is 3.39. The normalized spacial score (nSPS) is 10.7. The number of nitrogen functional groups attached to an aromatic ring is 1. The fourth-order valence-electron chi connectivity index (χ4n) is 3.43. The lowest BCUT2D eigenvalue weighted by Crippen LogP contribution is -2.14. The van der Waals surface area contributed by atoms with Crippen molar-refractivity contribution in [3.8, 4) is 5.75 Å². The van der Waals surface area contributed by atoms with Gasteiger partial charge in [0.15, 0.2) is 0 Å². The third-order valence-corrected chi connectivity index (χ3v) is 4.96. The van der Waals surface area contributed by atoms with Crippen molar-refractivity contribution in [3.63, 3.8) is 0 Å². The van der Waals surface area contributed by atoms with Gasteiger partial charge in [-0.1, -0.05) is 35.9 Å². The minimum Gasteiger partial charge on any atom is -0.497 e. The van der Waals surface area contributed by atoms with Crippen LogP contribution in [0.1, 0.15) is 32.0 Å². The largest absolute Gasteiger partial charge is 0.497 e. The van der Waals surface area contributed by atoms with Gasteiger partial charge in [-0.2, -0.15) is 0 Å². The molecule has 0 aliphatic heterocycles. The summed E-state index contributed by atoms with van der Waals surface area (Å²) >= 11 is 0. The van der Waals surface area contributed by atoms with Crippen molar-refractivity contribution < 1.29 is 14.3 Å². The first-order valence-corrected chi connectivity index (χ1v) is 9.45. The molecule has 0 aliphatic rings. The average Bonchev–Trinajstić information content (AvgIpc) is 3.06. The minimum atomic E-state index is -0.371. The summed E-state index contributed by atoms with van der Waals surface area (Å²) < 4.78 is 6.88. The van der Waals surface area contributed by atoms with Crippen molar-refractivity contribution in [2.24, 2.45) is 0 Å². The van der Waals surface area contributed by atoms with Crippen molar-refractivity contribution >= 4 is 28.6 Å². The van der Waals surface area contributed by atoms with Gasteiger partial charge < -0.3 is 20.2 Å². The first kappa shape index (κ1) is 19.3. The van der Waals surface area contributed by atoms with Crippen LogP contribution in [0.5, 0.6) is 5.75 Å². The van der Waals surface area contributed by atoms with Gasteiger partial charge in [-0.05, 0) is 43.3 Å². The van der Waals surface area contributed by atoms with E-state index in [0.29, 0.717) is 22.5 Å². The Hall–Kier alpha value is -4.06. The molecule has 0 spiro atoms. The van der Waals surface area contributed by atoms with Crippen molar-refractivity contribution in [3.05, 3.63) is 95.3 Å². The number of amides is 1. The summed E-state index contributed by atoms with van der Waals surface area (Å²) in [7, 11) is 1.54. The molecule has 1 amide bonds. The zero-order chi connectivity index (χ0) is 21.3. The van der Waals surface area contributed by atoms with E-state index in [-0.39, 0.29) is 28.6 Å². The molecular formula is C24H21N3O3. The second-order valence-electron chi connectivity index (χ2n) is 6.97. The molecule has 2 aromatic heterocycles. The Labute approximate surface area is 173 Å². The number of nitrogens with two attached hydrogens (primary N) is 1. The molecule has 0 saturated carbocycles. The van der Waals surface area contributed by atoms with Gasteiger partial charge in [-0.25, -0.2) is 0 Å². The number of hydrogen-bond acceptors (Lipinski definition) is 4. The molecule has 0 radical (unpaired) electrons. The van der Waals surface area contributed by atoms with Gasteiger partial charge in [-0.3, -0.25) is 9.59 Å². The number of carbonyl (C=O) groups is 2. The Morgan fingerprint density at radius 3 is 2.50 bits per heavy atom. The summed E-state index contributed by atoms with van der Waals surface area (Å²) in [4.78, 5) is 26.4. The zero-order valence-corrected chi connectivity index (χ0v) is 16.7. The first-order valence-electron chi connectivity index (χ1n) is 9.45. The maximum atomic E-state index is 13.3. The number of fused-ring (bicyclic) bond motifs is 1. The molecule has 30 heavy (non-hydrogen) atoms. The molecule has 0 fully saturated rings. The number of methoxy groups -OCH3 is 1. The maximum Gasteiger partial charge on any atom is 0.259 e. The Morgan fingerprint density at radius 1 is 1.00 bits per heavy atom. The molecule has 2 heterocycles. The minimum absolute atomic E-state index is 0.138.